The summed E-state index contributed by atoms with van der Waals surface area (Å²) in [5.74, 6) is 0.888. The van der Waals surface area contributed by atoms with E-state index in [2.05, 4.69) is 10.3 Å². The lowest BCUT2D eigenvalue weighted by molar-refractivity contribution is 1.13. The number of fused-ring (bicyclic) bond motifs is 1. The standard InChI is InChI=1S/C18H15N5/c19-14-7-4-8-15(11-14)21-18-17(13-5-2-1-3-6-13)22-16-12-20-9-10-23(16)18/h1-12,21H,19H2. The van der Waals surface area contributed by atoms with Crippen molar-refractivity contribution in [1.82, 2.24) is 14.4 Å². The largest absolute Gasteiger partial charge is 0.399 e. The summed E-state index contributed by atoms with van der Waals surface area (Å²) in [7, 11) is 0. The lowest BCUT2D eigenvalue weighted by Gasteiger charge is -2.09. The maximum absolute atomic E-state index is 5.88. The van der Waals surface area contributed by atoms with Crippen molar-refractivity contribution in [2.45, 2.75) is 0 Å². The van der Waals surface area contributed by atoms with Crippen molar-refractivity contribution < 1.29 is 0 Å². The molecule has 0 aliphatic rings. The second kappa shape index (κ2) is 5.46. The molecular formula is C18H15N5. The third-order valence-electron chi connectivity index (χ3n) is 3.63. The van der Waals surface area contributed by atoms with Crippen molar-refractivity contribution in [3.63, 3.8) is 0 Å². The first-order valence-corrected chi connectivity index (χ1v) is 7.31. The fourth-order valence-electron chi connectivity index (χ4n) is 2.58. The summed E-state index contributed by atoms with van der Waals surface area (Å²) in [6.07, 6.45) is 5.38. The molecule has 0 amide bonds. The monoisotopic (exact) mass is 301 g/mol. The molecule has 0 atom stereocenters. The molecule has 4 rings (SSSR count). The van der Waals surface area contributed by atoms with E-state index < -0.39 is 0 Å². The van der Waals surface area contributed by atoms with Gasteiger partial charge in [-0.25, -0.2) is 4.98 Å². The summed E-state index contributed by atoms with van der Waals surface area (Å²) in [4.78, 5) is 8.86. The van der Waals surface area contributed by atoms with Crippen molar-refractivity contribution >= 4 is 22.8 Å². The lowest BCUT2D eigenvalue weighted by Crippen LogP contribution is -1.97. The smallest absolute Gasteiger partial charge is 0.157 e. The Bertz CT molecular complexity index is 959. The summed E-state index contributed by atoms with van der Waals surface area (Å²) in [5.41, 5.74) is 10.2. The Labute approximate surface area is 133 Å². The van der Waals surface area contributed by atoms with E-state index >= 15 is 0 Å². The molecule has 0 aliphatic carbocycles. The number of benzene rings is 2. The van der Waals surface area contributed by atoms with Gasteiger partial charge in [0.15, 0.2) is 5.65 Å². The first kappa shape index (κ1) is 13.3. The summed E-state index contributed by atoms with van der Waals surface area (Å²) >= 11 is 0. The molecule has 0 saturated heterocycles. The van der Waals surface area contributed by atoms with Crippen LogP contribution in [0.4, 0.5) is 17.2 Å². The van der Waals surface area contributed by atoms with Crippen molar-refractivity contribution in [2.75, 3.05) is 11.1 Å². The SMILES string of the molecule is Nc1cccc(Nc2c(-c3ccccc3)nc3cnccn23)c1. The molecule has 0 saturated carbocycles. The maximum atomic E-state index is 5.88. The molecule has 5 heteroatoms. The highest BCUT2D eigenvalue weighted by Gasteiger charge is 2.14. The average Bonchev–Trinajstić information content (AvgIpc) is 2.95. The molecule has 0 bridgehead atoms. The van der Waals surface area contributed by atoms with E-state index in [0.717, 1.165) is 28.4 Å². The van der Waals surface area contributed by atoms with Crippen molar-refractivity contribution in [1.29, 1.82) is 0 Å². The zero-order chi connectivity index (χ0) is 15.6. The molecule has 4 aromatic rings. The van der Waals surface area contributed by atoms with Crippen LogP contribution in [0.2, 0.25) is 0 Å². The van der Waals surface area contributed by atoms with Crippen LogP contribution in [-0.4, -0.2) is 14.4 Å². The third-order valence-corrected chi connectivity index (χ3v) is 3.63. The van der Waals surface area contributed by atoms with E-state index in [0.29, 0.717) is 5.69 Å². The van der Waals surface area contributed by atoms with Gasteiger partial charge in [0.05, 0.1) is 6.20 Å². The van der Waals surface area contributed by atoms with E-state index in [9.17, 15) is 0 Å². The quantitative estimate of drug-likeness (QED) is 0.566. The Morgan fingerprint density at radius 3 is 2.70 bits per heavy atom. The number of nitrogens with one attached hydrogen (secondary N) is 1. The minimum Gasteiger partial charge on any atom is -0.399 e. The van der Waals surface area contributed by atoms with Gasteiger partial charge in [0.25, 0.3) is 0 Å². The van der Waals surface area contributed by atoms with Crippen molar-refractivity contribution in [2.24, 2.45) is 0 Å². The molecule has 0 radical (unpaired) electrons. The highest BCUT2D eigenvalue weighted by Crippen LogP contribution is 2.31. The average molecular weight is 301 g/mol. The number of nitrogen functional groups attached to an aromatic ring is 1. The molecule has 0 spiro atoms. The van der Waals surface area contributed by atoms with Gasteiger partial charge in [-0.15, -0.1) is 0 Å². The van der Waals surface area contributed by atoms with Crippen LogP contribution in [-0.2, 0) is 0 Å². The number of hydrogen-bond donors (Lipinski definition) is 2. The molecule has 2 aromatic heterocycles. The normalized spacial score (nSPS) is 10.8. The fourth-order valence-corrected chi connectivity index (χ4v) is 2.58. The Balaban J connectivity index is 1.89. The van der Waals surface area contributed by atoms with Crippen LogP contribution in [0.1, 0.15) is 0 Å². The molecule has 3 N–H and O–H groups in total. The van der Waals surface area contributed by atoms with Gasteiger partial charge >= 0.3 is 0 Å². The molecule has 112 valence electrons. The summed E-state index contributed by atoms with van der Waals surface area (Å²) < 4.78 is 1.98. The van der Waals surface area contributed by atoms with Crippen LogP contribution < -0.4 is 11.1 Å². The zero-order valence-corrected chi connectivity index (χ0v) is 12.3. The molecule has 0 fully saturated rings. The van der Waals surface area contributed by atoms with E-state index in [-0.39, 0.29) is 0 Å². The van der Waals surface area contributed by atoms with Crippen LogP contribution in [0.15, 0.2) is 73.2 Å². The van der Waals surface area contributed by atoms with Gasteiger partial charge in [-0.1, -0.05) is 36.4 Å². The maximum Gasteiger partial charge on any atom is 0.157 e. The fraction of sp³-hybridized carbons (Fsp3) is 0. The summed E-state index contributed by atoms with van der Waals surface area (Å²) in [6, 6.07) is 17.7. The molecule has 2 aromatic carbocycles. The molecule has 23 heavy (non-hydrogen) atoms. The predicted molar refractivity (Wildman–Crippen MR) is 92.6 cm³/mol. The number of imidazole rings is 1. The lowest BCUT2D eigenvalue weighted by atomic mass is 10.1. The van der Waals surface area contributed by atoms with Crippen molar-refractivity contribution in [3.8, 4) is 11.3 Å². The number of hydrogen-bond acceptors (Lipinski definition) is 4. The Morgan fingerprint density at radius 2 is 1.87 bits per heavy atom. The van der Waals surface area contributed by atoms with Gasteiger partial charge in [-0.3, -0.25) is 9.38 Å². The number of nitrogens with zero attached hydrogens (tertiary/aromatic N) is 3. The minimum atomic E-state index is 0.715. The second-order valence-corrected chi connectivity index (χ2v) is 5.23. The van der Waals surface area contributed by atoms with Gasteiger partial charge in [0.1, 0.15) is 11.5 Å². The van der Waals surface area contributed by atoms with Gasteiger partial charge in [0, 0.05) is 29.3 Å². The number of anilines is 3. The van der Waals surface area contributed by atoms with E-state index in [1.165, 1.54) is 0 Å². The number of aromatic nitrogens is 3. The zero-order valence-electron chi connectivity index (χ0n) is 12.3. The first-order chi connectivity index (χ1) is 11.3. The molecule has 5 nitrogen and oxygen atoms in total. The number of rotatable bonds is 3. The molecule has 2 heterocycles. The molecule has 0 aliphatic heterocycles. The molecular weight excluding hydrogens is 286 g/mol. The van der Waals surface area contributed by atoms with Crippen LogP contribution in [0.5, 0.6) is 0 Å². The highest BCUT2D eigenvalue weighted by atomic mass is 15.1. The minimum absolute atomic E-state index is 0.715. The van der Waals surface area contributed by atoms with Crippen LogP contribution in [0.3, 0.4) is 0 Å². The third kappa shape index (κ3) is 2.48. The van der Waals surface area contributed by atoms with Gasteiger partial charge in [-0.2, -0.15) is 0 Å². The van der Waals surface area contributed by atoms with E-state index in [1.807, 2.05) is 65.2 Å². The number of nitrogens with two attached hydrogens (primary N) is 1. The van der Waals surface area contributed by atoms with Crippen LogP contribution in [0, 0.1) is 0 Å². The second-order valence-electron chi connectivity index (χ2n) is 5.23. The first-order valence-electron chi connectivity index (χ1n) is 7.31. The predicted octanol–water partition coefficient (Wildman–Crippen LogP) is 3.72. The molecule has 0 unspecified atom stereocenters. The Kier molecular flexibility index (Phi) is 3.16. The van der Waals surface area contributed by atoms with Gasteiger partial charge < -0.3 is 11.1 Å². The van der Waals surface area contributed by atoms with E-state index in [1.54, 1.807) is 12.4 Å². The topological polar surface area (TPSA) is 68.2 Å². The van der Waals surface area contributed by atoms with E-state index in [4.69, 9.17) is 10.7 Å². The summed E-state index contributed by atoms with van der Waals surface area (Å²) in [6.45, 7) is 0. The van der Waals surface area contributed by atoms with Gasteiger partial charge in [0.2, 0.25) is 0 Å². The Hall–Kier alpha value is -3.34. The van der Waals surface area contributed by atoms with Crippen molar-refractivity contribution in [3.05, 3.63) is 73.2 Å². The highest BCUT2D eigenvalue weighted by molar-refractivity contribution is 5.79. The summed E-state index contributed by atoms with van der Waals surface area (Å²) in [5, 5.41) is 3.43. The van der Waals surface area contributed by atoms with Crippen LogP contribution in [0.25, 0.3) is 16.9 Å². The van der Waals surface area contributed by atoms with Gasteiger partial charge in [-0.05, 0) is 18.2 Å². The van der Waals surface area contributed by atoms with Crippen LogP contribution >= 0.6 is 0 Å². The Morgan fingerprint density at radius 1 is 1.00 bits per heavy atom.